The molecule has 0 spiro atoms. The van der Waals surface area contributed by atoms with Crippen molar-refractivity contribution in [3.63, 3.8) is 0 Å². The zero-order chi connectivity index (χ0) is 10.8. The molecule has 1 aromatic heterocycles. The molecule has 1 N–H and O–H groups in total. The third-order valence-electron chi connectivity index (χ3n) is 1.98. The molecule has 15 heavy (non-hydrogen) atoms. The van der Waals surface area contributed by atoms with Crippen LogP contribution in [0.5, 0.6) is 0 Å². The van der Waals surface area contributed by atoms with Gasteiger partial charge in [-0.1, -0.05) is 17.7 Å². The number of benzene rings is 1. The molecule has 2 rings (SSSR count). The largest absolute Gasteiger partial charge is 0.475 e. The Bertz CT molecular complexity index is 488. The van der Waals surface area contributed by atoms with Crippen molar-refractivity contribution in [2.45, 2.75) is 6.92 Å². The lowest BCUT2D eigenvalue weighted by Gasteiger charge is -1.99. The molecule has 76 valence electrons. The van der Waals surface area contributed by atoms with E-state index < -0.39 is 5.97 Å². The number of nitrogens with zero attached hydrogens (tertiary/aromatic N) is 3. The van der Waals surface area contributed by atoms with Crippen LogP contribution in [0.25, 0.3) is 5.69 Å². The number of hydrogen-bond donors (Lipinski definition) is 1. The van der Waals surface area contributed by atoms with Crippen molar-refractivity contribution in [2.24, 2.45) is 0 Å². The molecule has 0 aliphatic heterocycles. The first kappa shape index (κ1) is 9.39. The summed E-state index contributed by atoms with van der Waals surface area (Å²) in [6, 6.07) is 7.57. The van der Waals surface area contributed by atoms with Gasteiger partial charge in [0.1, 0.15) is 6.33 Å². The van der Waals surface area contributed by atoms with E-state index in [0.29, 0.717) is 0 Å². The van der Waals surface area contributed by atoms with Crippen LogP contribution in [0.4, 0.5) is 0 Å². The van der Waals surface area contributed by atoms with E-state index in [2.05, 4.69) is 10.1 Å². The predicted octanol–water partition coefficient (Wildman–Crippen LogP) is 1.27. The number of carbonyl (C=O) groups is 1. The first-order chi connectivity index (χ1) is 7.16. The van der Waals surface area contributed by atoms with Crippen LogP contribution in [0.1, 0.15) is 16.2 Å². The van der Waals surface area contributed by atoms with Gasteiger partial charge in [-0.3, -0.25) is 0 Å². The van der Waals surface area contributed by atoms with Gasteiger partial charge in [0, 0.05) is 0 Å². The van der Waals surface area contributed by atoms with E-state index in [4.69, 9.17) is 5.11 Å². The molecule has 5 nitrogen and oxygen atoms in total. The van der Waals surface area contributed by atoms with Crippen molar-refractivity contribution in [2.75, 3.05) is 0 Å². The van der Waals surface area contributed by atoms with Crippen LogP contribution in [0, 0.1) is 6.92 Å². The maximum Gasteiger partial charge on any atom is 0.375 e. The second-order valence-electron chi connectivity index (χ2n) is 3.15. The fourth-order valence-corrected chi connectivity index (χ4v) is 1.18. The van der Waals surface area contributed by atoms with Gasteiger partial charge in [0.05, 0.1) is 5.69 Å². The summed E-state index contributed by atoms with van der Waals surface area (Å²) in [5.74, 6) is -1.32. The Morgan fingerprint density at radius 2 is 2.00 bits per heavy atom. The summed E-state index contributed by atoms with van der Waals surface area (Å²) in [4.78, 5) is 14.2. The molecule has 0 saturated heterocycles. The lowest BCUT2D eigenvalue weighted by molar-refractivity contribution is 0.0683. The normalized spacial score (nSPS) is 10.2. The number of carboxylic acid groups (broad SMARTS) is 1. The Kier molecular flexibility index (Phi) is 2.21. The molecule has 0 fully saturated rings. The van der Waals surface area contributed by atoms with Gasteiger partial charge in [0.15, 0.2) is 0 Å². The van der Waals surface area contributed by atoms with E-state index in [-0.39, 0.29) is 5.82 Å². The number of rotatable bonds is 2. The topological polar surface area (TPSA) is 68.0 Å². The van der Waals surface area contributed by atoms with E-state index in [0.717, 1.165) is 11.3 Å². The number of aromatic carboxylic acids is 1. The summed E-state index contributed by atoms with van der Waals surface area (Å²) in [5.41, 5.74) is 1.93. The van der Waals surface area contributed by atoms with E-state index in [1.54, 1.807) is 0 Å². The Balaban J connectivity index is 2.37. The maximum atomic E-state index is 10.6. The van der Waals surface area contributed by atoms with Gasteiger partial charge in [-0.2, -0.15) is 0 Å². The fraction of sp³-hybridized carbons (Fsp3) is 0.100. The summed E-state index contributed by atoms with van der Waals surface area (Å²) >= 11 is 0. The molecule has 1 aromatic carbocycles. The highest BCUT2D eigenvalue weighted by atomic mass is 16.4. The van der Waals surface area contributed by atoms with Gasteiger partial charge in [-0.05, 0) is 19.1 Å². The fourth-order valence-electron chi connectivity index (χ4n) is 1.18. The SMILES string of the molecule is Cc1ccc(-n2cnc(C(=O)O)n2)cc1. The molecule has 0 aliphatic carbocycles. The lowest BCUT2D eigenvalue weighted by Crippen LogP contribution is -2.01. The minimum absolute atomic E-state index is 0.199. The third-order valence-corrected chi connectivity index (χ3v) is 1.98. The van der Waals surface area contributed by atoms with Crippen LogP contribution in [-0.4, -0.2) is 25.8 Å². The van der Waals surface area contributed by atoms with Gasteiger partial charge in [0.2, 0.25) is 0 Å². The van der Waals surface area contributed by atoms with E-state index in [1.807, 2.05) is 31.2 Å². The molecule has 0 radical (unpaired) electrons. The molecule has 0 amide bonds. The highest BCUT2D eigenvalue weighted by molar-refractivity contribution is 5.82. The maximum absolute atomic E-state index is 10.6. The van der Waals surface area contributed by atoms with Crippen molar-refractivity contribution in [3.8, 4) is 5.69 Å². The minimum Gasteiger partial charge on any atom is -0.475 e. The van der Waals surface area contributed by atoms with Crippen LogP contribution in [0.3, 0.4) is 0 Å². The third kappa shape index (κ3) is 1.85. The molecule has 5 heteroatoms. The van der Waals surface area contributed by atoms with E-state index >= 15 is 0 Å². The molecule has 0 aliphatic rings. The van der Waals surface area contributed by atoms with Crippen molar-refractivity contribution in [3.05, 3.63) is 42.0 Å². The molecule has 0 unspecified atom stereocenters. The standard InChI is InChI=1S/C10H9N3O2/c1-7-2-4-8(5-3-7)13-6-11-9(12-13)10(14)15/h2-6H,1H3,(H,14,15). The summed E-state index contributed by atoms with van der Waals surface area (Å²) in [6.45, 7) is 1.98. The summed E-state index contributed by atoms with van der Waals surface area (Å²) in [6.07, 6.45) is 1.38. The Hall–Kier alpha value is -2.17. The van der Waals surface area contributed by atoms with Crippen LogP contribution >= 0.6 is 0 Å². The van der Waals surface area contributed by atoms with Gasteiger partial charge in [-0.15, -0.1) is 5.10 Å². The molecule has 0 saturated carbocycles. The van der Waals surface area contributed by atoms with E-state index in [1.165, 1.54) is 11.0 Å². The smallest absolute Gasteiger partial charge is 0.375 e. The quantitative estimate of drug-likeness (QED) is 0.798. The van der Waals surface area contributed by atoms with Crippen molar-refractivity contribution in [1.29, 1.82) is 0 Å². The van der Waals surface area contributed by atoms with E-state index in [9.17, 15) is 4.79 Å². The molecule has 1 heterocycles. The number of hydrogen-bond acceptors (Lipinski definition) is 3. The van der Waals surface area contributed by atoms with Crippen LogP contribution in [0.15, 0.2) is 30.6 Å². The van der Waals surface area contributed by atoms with Gasteiger partial charge in [0.25, 0.3) is 5.82 Å². The van der Waals surface area contributed by atoms with Crippen LogP contribution in [-0.2, 0) is 0 Å². The monoisotopic (exact) mass is 203 g/mol. The zero-order valence-corrected chi connectivity index (χ0v) is 8.08. The molecule has 0 atom stereocenters. The highest BCUT2D eigenvalue weighted by Gasteiger charge is 2.09. The second kappa shape index (κ2) is 3.53. The molecule has 0 bridgehead atoms. The minimum atomic E-state index is -1.12. The average Bonchev–Trinajstić information content (AvgIpc) is 2.68. The first-order valence-corrected chi connectivity index (χ1v) is 4.39. The lowest BCUT2D eigenvalue weighted by atomic mass is 10.2. The first-order valence-electron chi connectivity index (χ1n) is 4.39. The Labute approximate surface area is 86.0 Å². The Morgan fingerprint density at radius 1 is 1.33 bits per heavy atom. The van der Waals surface area contributed by atoms with Crippen molar-refractivity contribution >= 4 is 5.97 Å². The van der Waals surface area contributed by atoms with Gasteiger partial charge < -0.3 is 5.11 Å². The van der Waals surface area contributed by atoms with Crippen LogP contribution in [0.2, 0.25) is 0 Å². The van der Waals surface area contributed by atoms with Crippen molar-refractivity contribution in [1.82, 2.24) is 14.8 Å². The second-order valence-corrected chi connectivity index (χ2v) is 3.15. The molecular formula is C10H9N3O2. The number of aromatic nitrogens is 3. The summed E-state index contributed by atoms with van der Waals surface area (Å²) < 4.78 is 1.43. The number of carboxylic acids is 1. The molecular weight excluding hydrogens is 194 g/mol. The van der Waals surface area contributed by atoms with Gasteiger partial charge in [-0.25, -0.2) is 14.5 Å². The average molecular weight is 203 g/mol. The molecule has 2 aromatic rings. The van der Waals surface area contributed by atoms with Crippen molar-refractivity contribution < 1.29 is 9.90 Å². The predicted molar refractivity (Wildman–Crippen MR) is 53.1 cm³/mol. The summed E-state index contributed by atoms with van der Waals surface area (Å²) in [5, 5.41) is 12.5. The van der Waals surface area contributed by atoms with Gasteiger partial charge >= 0.3 is 5.97 Å². The van der Waals surface area contributed by atoms with Crippen LogP contribution < -0.4 is 0 Å². The number of aryl methyl sites for hydroxylation is 1. The summed E-state index contributed by atoms with van der Waals surface area (Å²) in [7, 11) is 0. The Morgan fingerprint density at radius 3 is 2.53 bits per heavy atom. The highest BCUT2D eigenvalue weighted by Crippen LogP contribution is 2.07. The zero-order valence-electron chi connectivity index (χ0n) is 8.08.